The molecule has 2 N–H and O–H groups in total. The summed E-state index contributed by atoms with van der Waals surface area (Å²) in [4.78, 5) is 0. The largest absolute Gasteiger partial charge is 0.396 e. The standard InChI is InChI=1S/C14H27NO2/c1-10(6-7-16)9-15-12-11-5-4-8-17-13(11)14(12,2)3/h10-13,15-16H,4-9H2,1-3H3. The van der Waals surface area contributed by atoms with E-state index >= 15 is 0 Å². The minimum Gasteiger partial charge on any atom is -0.396 e. The summed E-state index contributed by atoms with van der Waals surface area (Å²) in [5.74, 6) is 1.26. The number of ether oxygens (including phenoxy) is 1. The van der Waals surface area contributed by atoms with Crippen LogP contribution in [0.25, 0.3) is 0 Å². The van der Waals surface area contributed by atoms with E-state index in [0.717, 1.165) is 19.6 Å². The summed E-state index contributed by atoms with van der Waals surface area (Å²) in [6.45, 7) is 9.08. The first-order valence-corrected chi connectivity index (χ1v) is 7.03. The molecule has 2 rings (SSSR count). The molecular weight excluding hydrogens is 214 g/mol. The fraction of sp³-hybridized carbons (Fsp3) is 1.00. The molecule has 1 saturated carbocycles. The van der Waals surface area contributed by atoms with Gasteiger partial charge in [0.25, 0.3) is 0 Å². The summed E-state index contributed by atoms with van der Waals surface area (Å²) in [5.41, 5.74) is 0.268. The zero-order valence-electron chi connectivity index (χ0n) is 11.4. The van der Waals surface area contributed by atoms with E-state index in [0.29, 0.717) is 30.6 Å². The highest BCUT2D eigenvalue weighted by Gasteiger charge is 2.57. The van der Waals surface area contributed by atoms with Gasteiger partial charge in [0.2, 0.25) is 0 Å². The maximum absolute atomic E-state index is 8.92. The molecule has 0 bridgehead atoms. The molecule has 3 nitrogen and oxygen atoms in total. The Morgan fingerprint density at radius 2 is 2.24 bits per heavy atom. The van der Waals surface area contributed by atoms with Crippen molar-refractivity contribution >= 4 is 0 Å². The number of aliphatic hydroxyl groups excluding tert-OH is 1. The SMILES string of the molecule is CC(CCO)CNC1C2CCCOC2C1(C)C. The predicted molar refractivity (Wildman–Crippen MR) is 68.9 cm³/mol. The number of fused-ring (bicyclic) bond motifs is 1. The molecule has 0 spiro atoms. The molecule has 0 aromatic carbocycles. The summed E-state index contributed by atoms with van der Waals surface area (Å²) >= 11 is 0. The van der Waals surface area contributed by atoms with Crippen LogP contribution < -0.4 is 5.32 Å². The van der Waals surface area contributed by atoms with Gasteiger partial charge in [0.15, 0.2) is 0 Å². The highest BCUT2D eigenvalue weighted by atomic mass is 16.5. The lowest BCUT2D eigenvalue weighted by Crippen LogP contribution is -2.69. The molecule has 0 radical (unpaired) electrons. The molecular formula is C14H27NO2. The van der Waals surface area contributed by atoms with Crippen LogP contribution in [-0.2, 0) is 4.74 Å². The van der Waals surface area contributed by atoms with E-state index in [-0.39, 0.29) is 5.41 Å². The van der Waals surface area contributed by atoms with Crippen LogP contribution in [0.15, 0.2) is 0 Å². The Balaban J connectivity index is 1.84. The Bertz CT molecular complexity index is 255. The summed E-state index contributed by atoms with van der Waals surface area (Å²) in [6, 6.07) is 0.592. The first-order valence-electron chi connectivity index (χ1n) is 7.03. The van der Waals surface area contributed by atoms with Gasteiger partial charge in [-0.1, -0.05) is 20.8 Å². The van der Waals surface area contributed by atoms with Gasteiger partial charge in [0.1, 0.15) is 0 Å². The Hall–Kier alpha value is -0.120. The van der Waals surface area contributed by atoms with Gasteiger partial charge < -0.3 is 15.2 Å². The highest BCUT2D eigenvalue weighted by Crippen LogP contribution is 2.51. The van der Waals surface area contributed by atoms with Gasteiger partial charge >= 0.3 is 0 Å². The van der Waals surface area contributed by atoms with Gasteiger partial charge in [-0.05, 0) is 31.7 Å². The molecule has 2 aliphatic rings. The quantitative estimate of drug-likeness (QED) is 0.771. The van der Waals surface area contributed by atoms with E-state index in [9.17, 15) is 0 Å². The Labute approximate surface area is 105 Å². The van der Waals surface area contributed by atoms with Gasteiger partial charge in [0, 0.05) is 30.6 Å². The van der Waals surface area contributed by atoms with Crippen molar-refractivity contribution in [3.05, 3.63) is 0 Å². The van der Waals surface area contributed by atoms with E-state index in [1.807, 2.05) is 0 Å². The first kappa shape index (κ1) is 13.3. The molecule has 17 heavy (non-hydrogen) atoms. The molecule has 2 fully saturated rings. The summed E-state index contributed by atoms with van der Waals surface area (Å²) < 4.78 is 5.90. The van der Waals surface area contributed by atoms with Crippen LogP contribution in [0.4, 0.5) is 0 Å². The molecule has 0 aromatic heterocycles. The number of rotatable bonds is 5. The number of hydrogen-bond acceptors (Lipinski definition) is 3. The van der Waals surface area contributed by atoms with Crippen molar-refractivity contribution in [3.8, 4) is 0 Å². The van der Waals surface area contributed by atoms with E-state index < -0.39 is 0 Å². The molecule has 0 amide bonds. The van der Waals surface area contributed by atoms with Crippen molar-refractivity contribution < 1.29 is 9.84 Å². The summed E-state index contributed by atoms with van der Waals surface area (Å²) in [7, 11) is 0. The van der Waals surface area contributed by atoms with Crippen molar-refractivity contribution in [2.24, 2.45) is 17.3 Å². The molecule has 100 valence electrons. The topological polar surface area (TPSA) is 41.5 Å². The number of aliphatic hydroxyl groups is 1. The molecule has 3 heteroatoms. The average molecular weight is 241 g/mol. The van der Waals surface area contributed by atoms with Crippen molar-refractivity contribution in [1.82, 2.24) is 5.32 Å². The molecule has 1 aliphatic heterocycles. The zero-order valence-corrected chi connectivity index (χ0v) is 11.4. The monoisotopic (exact) mass is 241 g/mol. The first-order chi connectivity index (χ1) is 8.07. The van der Waals surface area contributed by atoms with Crippen LogP contribution in [0.3, 0.4) is 0 Å². The highest BCUT2D eigenvalue weighted by molar-refractivity contribution is 5.10. The van der Waals surface area contributed by atoms with Crippen LogP contribution >= 0.6 is 0 Å². The van der Waals surface area contributed by atoms with Gasteiger partial charge in [0.05, 0.1) is 6.10 Å². The van der Waals surface area contributed by atoms with Crippen LogP contribution in [0.5, 0.6) is 0 Å². The third kappa shape index (κ3) is 2.51. The van der Waals surface area contributed by atoms with Gasteiger partial charge in [-0.15, -0.1) is 0 Å². The maximum atomic E-state index is 8.92. The zero-order chi connectivity index (χ0) is 12.5. The van der Waals surface area contributed by atoms with E-state index in [2.05, 4.69) is 26.1 Å². The fourth-order valence-electron chi connectivity index (χ4n) is 3.59. The second-order valence-corrected chi connectivity index (χ2v) is 6.42. The van der Waals surface area contributed by atoms with E-state index in [4.69, 9.17) is 9.84 Å². The second-order valence-electron chi connectivity index (χ2n) is 6.42. The lowest BCUT2D eigenvalue weighted by atomic mass is 9.55. The maximum Gasteiger partial charge on any atom is 0.0684 e. The normalized spacial score (nSPS) is 37.1. The minimum absolute atomic E-state index is 0.268. The van der Waals surface area contributed by atoms with Crippen molar-refractivity contribution in [2.75, 3.05) is 19.8 Å². The molecule has 1 heterocycles. The Morgan fingerprint density at radius 1 is 1.47 bits per heavy atom. The van der Waals surface area contributed by atoms with Crippen LogP contribution in [0, 0.1) is 17.3 Å². The fourth-order valence-corrected chi connectivity index (χ4v) is 3.59. The van der Waals surface area contributed by atoms with Crippen LogP contribution in [0.1, 0.15) is 40.0 Å². The predicted octanol–water partition coefficient (Wildman–Crippen LogP) is 1.80. The molecule has 4 unspecified atom stereocenters. The third-order valence-corrected chi connectivity index (χ3v) is 4.64. The van der Waals surface area contributed by atoms with E-state index in [1.54, 1.807) is 0 Å². The minimum atomic E-state index is 0.268. The summed E-state index contributed by atoms with van der Waals surface area (Å²) in [6.07, 6.45) is 3.87. The molecule has 0 aromatic rings. The van der Waals surface area contributed by atoms with Crippen LogP contribution in [-0.4, -0.2) is 37.0 Å². The Kier molecular flexibility index (Phi) is 4.11. The molecule has 1 saturated heterocycles. The smallest absolute Gasteiger partial charge is 0.0684 e. The van der Waals surface area contributed by atoms with Crippen molar-refractivity contribution in [1.29, 1.82) is 0 Å². The number of nitrogens with one attached hydrogen (secondary N) is 1. The second kappa shape index (κ2) is 5.25. The van der Waals surface area contributed by atoms with Crippen molar-refractivity contribution in [2.45, 2.75) is 52.2 Å². The molecule has 4 atom stereocenters. The summed E-state index contributed by atoms with van der Waals surface area (Å²) in [5, 5.41) is 12.6. The Morgan fingerprint density at radius 3 is 2.94 bits per heavy atom. The lowest BCUT2D eigenvalue weighted by Gasteiger charge is -2.60. The van der Waals surface area contributed by atoms with Gasteiger partial charge in [-0.25, -0.2) is 0 Å². The van der Waals surface area contributed by atoms with Gasteiger partial charge in [-0.2, -0.15) is 0 Å². The average Bonchev–Trinajstić information content (AvgIpc) is 2.29. The van der Waals surface area contributed by atoms with Crippen LogP contribution in [0.2, 0.25) is 0 Å². The number of hydrogen-bond donors (Lipinski definition) is 2. The van der Waals surface area contributed by atoms with E-state index in [1.165, 1.54) is 12.8 Å². The van der Waals surface area contributed by atoms with Crippen molar-refractivity contribution in [3.63, 3.8) is 0 Å². The third-order valence-electron chi connectivity index (χ3n) is 4.64. The lowest BCUT2D eigenvalue weighted by molar-refractivity contribution is -0.192. The van der Waals surface area contributed by atoms with Gasteiger partial charge in [-0.3, -0.25) is 0 Å². The molecule has 1 aliphatic carbocycles.